The molecule has 4 amide bonds. The molecule has 1 saturated carbocycles. The Labute approximate surface area is 332 Å². The lowest BCUT2D eigenvalue weighted by Crippen LogP contribution is -2.48. The molecular formula is C42H36Cl2FN5O6. The topological polar surface area (TPSA) is 132 Å². The zero-order valence-corrected chi connectivity index (χ0v) is 32.3. The number of anilines is 3. The Balaban J connectivity index is 1.15. The van der Waals surface area contributed by atoms with Crippen LogP contribution in [0.4, 0.5) is 32.8 Å². The summed E-state index contributed by atoms with van der Waals surface area (Å²) in [5, 5.41) is 19.0. The van der Waals surface area contributed by atoms with E-state index in [-0.39, 0.29) is 46.0 Å². The zero-order valence-electron chi connectivity index (χ0n) is 30.7. The second kappa shape index (κ2) is 13.9. The van der Waals surface area contributed by atoms with Crippen LogP contribution >= 0.6 is 23.2 Å². The highest BCUT2D eigenvalue weighted by atomic mass is 35.5. The summed E-state index contributed by atoms with van der Waals surface area (Å²) in [5.41, 5.74) is 2.50. The summed E-state index contributed by atoms with van der Waals surface area (Å²) in [6.07, 6.45) is 2.22. The molecule has 0 bridgehead atoms. The van der Waals surface area contributed by atoms with Gasteiger partial charge in [-0.15, -0.1) is 0 Å². The first-order chi connectivity index (χ1) is 26.7. The highest BCUT2D eigenvalue weighted by molar-refractivity contribution is 6.32. The van der Waals surface area contributed by atoms with Crippen molar-refractivity contribution in [2.75, 3.05) is 35.9 Å². The fourth-order valence-electron chi connectivity index (χ4n) is 9.04. The van der Waals surface area contributed by atoms with Gasteiger partial charge in [0.25, 0.3) is 0 Å². The van der Waals surface area contributed by atoms with Crippen LogP contribution in [-0.4, -0.2) is 49.9 Å². The molecule has 2 aliphatic heterocycles. The van der Waals surface area contributed by atoms with Crippen LogP contribution in [0.2, 0.25) is 10.0 Å². The molecule has 4 aliphatic rings. The normalized spacial score (nSPS) is 25.7. The molecular weight excluding hydrogens is 760 g/mol. The Morgan fingerprint density at radius 3 is 2.09 bits per heavy atom. The summed E-state index contributed by atoms with van der Waals surface area (Å²) in [7, 11) is 5.27. The third kappa shape index (κ3) is 5.76. The van der Waals surface area contributed by atoms with E-state index in [4.69, 9.17) is 27.9 Å². The summed E-state index contributed by atoms with van der Waals surface area (Å²) in [6.45, 7) is 1.70. The number of allylic oxidation sites excluding steroid dienone is 2. The van der Waals surface area contributed by atoms with Gasteiger partial charge in [-0.1, -0.05) is 34.9 Å². The summed E-state index contributed by atoms with van der Waals surface area (Å²) in [5.74, 6) is -6.70. The number of phenols is 1. The fraction of sp³-hybridized carbons (Fsp3) is 0.286. The van der Waals surface area contributed by atoms with E-state index in [1.165, 1.54) is 30.2 Å². The molecule has 0 spiro atoms. The smallest absolute Gasteiger partial charge is 0.241 e. The van der Waals surface area contributed by atoms with Gasteiger partial charge in [0.15, 0.2) is 11.5 Å². The molecule has 0 unspecified atom stereocenters. The highest BCUT2D eigenvalue weighted by Gasteiger charge is 2.67. The molecule has 8 rings (SSSR count). The molecule has 1 N–H and O–H groups in total. The maximum absolute atomic E-state index is 14.7. The van der Waals surface area contributed by atoms with Crippen LogP contribution in [0, 0.1) is 34.9 Å². The first kappa shape index (κ1) is 37.3. The molecule has 286 valence electrons. The van der Waals surface area contributed by atoms with E-state index in [2.05, 4.69) is 10.2 Å². The Morgan fingerprint density at radius 2 is 1.46 bits per heavy atom. The lowest BCUT2D eigenvalue weighted by Gasteiger charge is -2.49. The number of aromatic hydroxyl groups is 1. The summed E-state index contributed by atoms with van der Waals surface area (Å²) in [6, 6.07) is 21.0. The summed E-state index contributed by atoms with van der Waals surface area (Å²) >= 11 is 12.6. The number of carbonyl (C=O) groups excluding carboxylic acids is 4. The van der Waals surface area contributed by atoms with Gasteiger partial charge >= 0.3 is 0 Å². The number of hydrogen-bond donors (Lipinski definition) is 1. The van der Waals surface area contributed by atoms with Crippen molar-refractivity contribution >= 4 is 75.3 Å². The number of phenolic OH excluding ortho intramolecular Hbond substituents is 1. The molecule has 3 fully saturated rings. The SMILES string of the molecule is COc1cc([C@H]2C3=CC[C@@H]4C(=O)N(c5ccc(N=Nc6ccc(N(C)C)cc6)cc5)C(=O)[C@@H]4[C@@H]3C[C@H]3C(=O)N(c4ccc(F)c(Cl)c4)C(=O)[C@@]23C)cc(Cl)c1O. The quantitative estimate of drug-likeness (QED) is 0.112. The number of ether oxygens (including phenoxy) is 1. The van der Waals surface area contributed by atoms with Gasteiger partial charge in [-0.25, -0.2) is 9.29 Å². The van der Waals surface area contributed by atoms with Gasteiger partial charge in [0.05, 0.1) is 63.1 Å². The number of amides is 4. The van der Waals surface area contributed by atoms with Gasteiger partial charge in [-0.3, -0.25) is 24.1 Å². The van der Waals surface area contributed by atoms with Crippen LogP contribution in [-0.2, 0) is 19.2 Å². The van der Waals surface area contributed by atoms with Crippen molar-refractivity contribution in [3.05, 3.63) is 112 Å². The van der Waals surface area contributed by atoms with E-state index in [0.29, 0.717) is 28.2 Å². The Morgan fingerprint density at radius 1 is 0.821 bits per heavy atom. The van der Waals surface area contributed by atoms with Gasteiger partial charge in [0.1, 0.15) is 5.82 Å². The molecule has 4 aromatic rings. The fourth-order valence-corrected chi connectivity index (χ4v) is 9.43. The molecule has 2 heterocycles. The standard InChI is InChI=1S/C42H36Cl2FN5O6/c1-42-30(39(53)50(41(42)55)26-13-16-33(45)31(43)19-26)20-29-27(36(42)21-17-32(44)37(51)34(18-21)56-4)14-15-28-35(29)40(54)49(38(28)52)25-11-7-23(8-12-25)47-46-22-5-9-24(10-6-22)48(2)3/h5-14,16-19,28-30,35-36,51H,15,20H2,1-4H3/t28-,29+,30-,35-,36-,42+/m0/s1. The number of fused-ring (bicyclic) bond motifs is 4. The Bertz CT molecular complexity index is 2390. The van der Waals surface area contributed by atoms with Crippen molar-refractivity contribution in [2.45, 2.75) is 25.7 Å². The van der Waals surface area contributed by atoms with Crippen molar-refractivity contribution in [2.24, 2.45) is 39.3 Å². The lowest BCUT2D eigenvalue weighted by atomic mass is 9.51. The average Bonchev–Trinajstić information content (AvgIpc) is 3.55. The molecule has 0 radical (unpaired) electrons. The average molecular weight is 797 g/mol. The third-order valence-corrected chi connectivity index (χ3v) is 12.4. The van der Waals surface area contributed by atoms with Gasteiger partial charge in [0, 0.05) is 25.7 Å². The molecule has 56 heavy (non-hydrogen) atoms. The minimum absolute atomic E-state index is 0.0293. The number of carbonyl (C=O) groups is 4. The second-order valence-electron chi connectivity index (χ2n) is 15.0. The third-order valence-electron chi connectivity index (χ3n) is 11.8. The number of hydrogen-bond acceptors (Lipinski definition) is 9. The van der Waals surface area contributed by atoms with E-state index >= 15 is 0 Å². The predicted molar refractivity (Wildman–Crippen MR) is 210 cm³/mol. The van der Waals surface area contributed by atoms with Gasteiger partial charge in [-0.2, -0.15) is 10.2 Å². The number of rotatable bonds is 7. The van der Waals surface area contributed by atoms with E-state index in [0.717, 1.165) is 16.7 Å². The number of nitrogens with zero attached hydrogens (tertiary/aromatic N) is 5. The number of methoxy groups -OCH3 is 1. The molecule has 0 aromatic heterocycles. The number of imide groups is 2. The molecule has 14 heteroatoms. The van der Waals surface area contributed by atoms with E-state index in [9.17, 15) is 28.7 Å². The molecule has 4 aromatic carbocycles. The number of halogens is 3. The highest BCUT2D eigenvalue weighted by Crippen LogP contribution is 2.64. The van der Waals surface area contributed by atoms with E-state index < -0.39 is 58.5 Å². The van der Waals surface area contributed by atoms with Gasteiger partial charge in [0.2, 0.25) is 23.6 Å². The van der Waals surface area contributed by atoms with Crippen LogP contribution in [0.25, 0.3) is 0 Å². The Kier molecular flexibility index (Phi) is 9.24. The van der Waals surface area contributed by atoms with Crippen molar-refractivity contribution in [1.29, 1.82) is 0 Å². The van der Waals surface area contributed by atoms with Crippen molar-refractivity contribution in [1.82, 2.24) is 0 Å². The van der Waals surface area contributed by atoms with Crippen LogP contribution in [0.1, 0.15) is 31.2 Å². The number of azo groups is 1. The maximum Gasteiger partial charge on any atom is 0.241 e. The van der Waals surface area contributed by atoms with Crippen LogP contribution < -0.4 is 19.4 Å². The van der Waals surface area contributed by atoms with Gasteiger partial charge < -0.3 is 14.7 Å². The van der Waals surface area contributed by atoms with Crippen LogP contribution in [0.3, 0.4) is 0 Å². The minimum atomic E-state index is -1.41. The minimum Gasteiger partial charge on any atom is -0.503 e. The number of benzene rings is 4. The lowest BCUT2D eigenvalue weighted by molar-refractivity contribution is -0.131. The molecule has 6 atom stereocenters. The second-order valence-corrected chi connectivity index (χ2v) is 15.8. The van der Waals surface area contributed by atoms with Crippen molar-refractivity contribution in [3.8, 4) is 11.5 Å². The van der Waals surface area contributed by atoms with Crippen LogP contribution in [0.5, 0.6) is 11.5 Å². The van der Waals surface area contributed by atoms with Crippen molar-refractivity contribution in [3.63, 3.8) is 0 Å². The van der Waals surface area contributed by atoms with Crippen LogP contribution in [0.15, 0.2) is 101 Å². The first-order valence-corrected chi connectivity index (χ1v) is 18.8. The first-order valence-electron chi connectivity index (χ1n) is 18.0. The largest absolute Gasteiger partial charge is 0.503 e. The Hall–Kier alpha value is -5.59. The van der Waals surface area contributed by atoms with Gasteiger partial charge in [-0.05, 0) is 110 Å². The predicted octanol–water partition coefficient (Wildman–Crippen LogP) is 8.76. The molecule has 2 aliphatic carbocycles. The van der Waals surface area contributed by atoms with Crippen molar-refractivity contribution < 1.29 is 33.4 Å². The summed E-state index contributed by atoms with van der Waals surface area (Å²) in [4.78, 5) is 62.0. The summed E-state index contributed by atoms with van der Waals surface area (Å²) < 4.78 is 19.7. The maximum atomic E-state index is 14.7. The van der Waals surface area contributed by atoms with E-state index in [1.807, 2.05) is 49.3 Å². The van der Waals surface area contributed by atoms with E-state index in [1.54, 1.807) is 37.3 Å². The monoisotopic (exact) mass is 795 g/mol. The zero-order chi connectivity index (χ0) is 39.8. The molecule has 2 saturated heterocycles. The molecule has 11 nitrogen and oxygen atoms in total.